The lowest BCUT2D eigenvalue weighted by molar-refractivity contribution is 0.102. The lowest BCUT2D eigenvalue weighted by atomic mass is 10.1. The molecule has 0 fully saturated rings. The van der Waals surface area contributed by atoms with E-state index < -0.39 is 0 Å². The summed E-state index contributed by atoms with van der Waals surface area (Å²) < 4.78 is 20.9. The third kappa shape index (κ3) is 3.33. The van der Waals surface area contributed by atoms with E-state index >= 15 is 0 Å². The highest BCUT2D eigenvalue weighted by molar-refractivity contribution is 9.10. The molecule has 0 radical (unpaired) electrons. The van der Waals surface area contributed by atoms with E-state index in [1.54, 1.807) is 41.8 Å². The van der Waals surface area contributed by atoms with Crippen molar-refractivity contribution in [1.29, 1.82) is 0 Å². The molecule has 4 aromatic rings. The van der Waals surface area contributed by atoms with Crippen LogP contribution in [0.1, 0.15) is 10.4 Å². The number of hydrogen-bond donors (Lipinski definition) is 1. The molecule has 8 heteroatoms. The molecule has 27 heavy (non-hydrogen) atoms. The van der Waals surface area contributed by atoms with Gasteiger partial charge in [-0.2, -0.15) is 0 Å². The van der Waals surface area contributed by atoms with Crippen LogP contribution in [0, 0.1) is 5.82 Å². The number of nitrogens with zero attached hydrogens (tertiary/aromatic N) is 2. The molecular formula is C19H13BrFN3O2S. The van der Waals surface area contributed by atoms with Gasteiger partial charge in [-0.05, 0) is 58.4 Å². The Morgan fingerprint density at radius 1 is 1.26 bits per heavy atom. The van der Waals surface area contributed by atoms with Crippen LogP contribution >= 0.6 is 27.3 Å². The van der Waals surface area contributed by atoms with Crippen LogP contribution in [0.15, 0.2) is 58.5 Å². The van der Waals surface area contributed by atoms with Crippen LogP contribution in [0.4, 0.5) is 10.2 Å². The first-order chi connectivity index (χ1) is 13.1. The molecule has 0 aliphatic carbocycles. The minimum absolute atomic E-state index is 0.308. The molecule has 1 N–H and O–H groups in total. The lowest BCUT2D eigenvalue weighted by Gasteiger charge is -2.10. The highest BCUT2D eigenvalue weighted by Crippen LogP contribution is 2.32. The minimum atomic E-state index is -0.328. The van der Waals surface area contributed by atoms with Gasteiger partial charge in [-0.15, -0.1) is 11.3 Å². The zero-order chi connectivity index (χ0) is 19.0. The molecule has 0 saturated carbocycles. The Morgan fingerprint density at radius 2 is 2.04 bits per heavy atom. The molecule has 2 aromatic carbocycles. The number of aromatic nitrogens is 2. The van der Waals surface area contributed by atoms with Crippen molar-refractivity contribution in [1.82, 2.24) is 9.38 Å². The number of thiazole rings is 1. The number of amides is 1. The van der Waals surface area contributed by atoms with Crippen molar-refractivity contribution < 1.29 is 13.9 Å². The Morgan fingerprint density at radius 3 is 2.78 bits per heavy atom. The number of carbonyl (C=O) groups is 1. The molecule has 4 rings (SSSR count). The normalized spacial score (nSPS) is 10.9. The summed E-state index contributed by atoms with van der Waals surface area (Å²) in [5.41, 5.74) is 1.73. The Hall–Kier alpha value is -2.71. The minimum Gasteiger partial charge on any atom is -0.497 e. The maximum absolute atomic E-state index is 13.3. The van der Waals surface area contributed by atoms with Crippen LogP contribution in [-0.2, 0) is 0 Å². The smallest absolute Gasteiger partial charge is 0.258 e. The monoisotopic (exact) mass is 445 g/mol. The highest BCUT2D eigenvalue weighted by Gasteiger charge is 2.19. The third-order valence-corrected chi connectivity index (χ3v) is 5.48. The largest absolute Gasteiger partial charge is 0.497 e. The van der Waals surface area contributed by atoms with Gasteiger partial charge in [-0.1, -0.05) is 0 Å². The number of carbonyl (C=O) groups excluding carboxylic acids is 1. The molecule has 5 nitrogen and oxygen atoms in total. The molecule has 2 aromatic heterocycles. The first kappa shape index (κ1) is 17.7. The van der Waals surface area contributed by atoms with Crippen molar-refractivity contribution in [3.8, 4) is 17.0 Å². The number of benzene rings is 2. The van der Waals surface area contributed by atoms with Gasteiger partial charge in [0, 0.05) is 21.6 Å². The van der Waals surface area contributed by atoms with Gasteiger partial charge >= 0.3 is 0 Å². The molecule has 0 bridgehead atoms. The Balaban J connectivity index is 1.77. The SMILES string of the molecule is COc1ccc(Br)c(C(=O)Nc2c(-c3ccc(F)cc3)nc3sccn23)c1. The quantitative estimate of drug-likeness (QED) is 0.468. The van der Waals surface area contributed by atoms with Gasteiger partial charge in [-0.25, -0.2) is 9.37 Å². The predicted molar refractivity (Wildman–Crippen MR) is 107 cm³/mol. The second kappa shape index (κ2) is 7.13. The second-order valence-corrected chi connectivity index (χ2v) is 7.40. The average molecular weight is 446 g/mol. The maximum Gasteiger partial charge on any atom is 0.258 e. The van der Waals surface area contributed by atoms with Crippen LogP contribution < -0.4 is 10.1 Å². The van der Waals surface area contributed by atoms with Gasteiger partial charge in [0.2, 0.25) is 0 Å². The standard InChI is InChI=1S/C19H13BrFN3O2S/c1-26-13-6-7-15(20)14(10-13)18(25)23-17-16(11-2-4-12(21)5-3-11)22-19-24(17)8-9-27-19/h2-10H,1H3,(H,23,25). The summed E-state index contributed by atoms with van der Waals surface area (Å²) in [5.74, 6) is 0.469. The summed E-state index contributed by atoms with van der Waals surface area (Å²) in [4.78, 5) is 18.2. The van der Waals surface area contributed by atoms with Crippen molar-refractivity contribution in [2.45, 2.75) is 0 Å². The van der Waals surface area contributed by atoms with Crippen molar-refractivity contribution >= 4 is 44.0 Å². The number of halogens is 2. The zero-order valence-corrected chi connectivity index (χ0v) is 16.5. The lowest BCUT2D eigenvalue weighted by Crippen LogP contribution is -2.14. The summed E-state index contributed by atoms with van der Waals surface area (Å²) in [6, 6.07) is 11.2. The van der Waals surface area contributed by atoms with Crippen LogP contribution in [0.25, 0.3) is 16.2 Å². The van der Waals surface area contributed by atoms with Gasteiger partial charge in [0.15, 0.2) is 4.96 Å². The summed E-state index contributed by atoms with van der Waals surface area (Å²) >= 11 is 4.85. The van der Waals surface area contributed by atoms with Crippen molar-refractivity contribution in [2.24, 2.45) is 0 Å². The summed E-state index contributed by atoms with van der Waals surface area (Å²) in [7, 11) is 1.55. The number of imidazole rings is 1. The number of ether oxygens (including phenoxy) is 1. The van der Waals surface area contributed by atoms with Gasteiger partial charge in [0.05, 0.1) is 12.7 Å². The van der Waals surface area contributed by atoms with E-state index in [4.69, 9.17) is 4.74 Å². The zero-order valence-electron chi connectivity index (χ0n) is 14.1. The van der Waals surface area contributed by atoms with Crippen LogP contribution in [-0.4, -0.2) is 22.4 Å². The first-order valence-electron chi connectivity index (χ1n) is 7.93. The molecule has 0 aliphatic heterocycles. The fourth-order valence-corrected chi connectivity index (χ4v) is 3.84. The highest BCUT2D eigenvalue weighted by atomic mass is 79.9. The molecule has 0 saturated heterocycles. The number of rotatable bonds is 4. The molecule has 1 amide bonds. The number of methoxy groups -OCH3 is 1. The summed E-state index contributed by atoms with van der Waals surface area (Å²) in [5, 5.41) is 4.81. The summed E-state index contributed by atoms with van der Waals surface area (Å²) in [6.07, 6.45) is 1.83. The second-order valence-electron chi connectivity index (χ2n) is 5.67. The van der Waals surface area contributed by atoms with Crippen LogP contribution in [0.5, 0.6) is 5.75 Å². The van der Waals surface area contributed by atoms with Crippen LogP contribution in [0.2, 0.25) is 0 Å². The molecule has 2 heterocycles. The van der Waals surface area contributed by atoms with Crippen molar-refractivity contribution in [2.75, 3.05) is 12.4 Å². The molecule has 0 aliphatic rings. The van der Waals surface area contributed by atoms with E-state index in [2.05, 4.69) is 26.2 Å². The van der Waals surface area contributed by atoms with Gasteiger partial charge < -0.3 is 10.1 Å². The maximum atomic E-state index is 13.3. The van der Waals surface area contributed by atoms with Crippen molar-refractivity contribution in [3.63, 3.8) is 0 Å². The molecule has 0 atom stereocenters. The summed E-state index contributed by atoms with van der Waals surface area (Å²) in [6.45, 7) is 0. The van der Waals surface area contributed by atoms with E-state index in [0.29, 0.717) is 32.9 Å². The third-order valence-electron chi connectivity index (χ3n) is 4.03. The van der Waals surface area contributed by atoms with Crippen molar-refractivity contribution in [3.05, 3.63) is 69.9 Å². The molecule has 0 unspecified atom stereocenters. The Labute approximate surface area is 166 Å². The van der Waals surface area contributed by atoms with Crippen LogP contribution in [0.3, 0.4) is 0 Å². The first-order valence-corrected chi connectivity index (χ1v) is 9.60. The fraction of sp³-hybridized carbons (Fsp3) is 0.0526. The average Bonchev–Trinajstić information content (AvgIpc) is 3.25. The number of anilines is 1. The van der Waals surface area contributed by atoms with E-state index in [1.807, 2.05) is 11.6 Å². The number of fused-ring (bicyclic) bond motifs is 1. The number of nitrogens with one attached hydrogen (secondary N) is 1. The Kier molecular flexibility index (Phi) is 4.67. The van der Waals surface area contributed by atoms with E-state index in [0.717, 1.165) is 4.96 Å². The van der Waals surface area contributed by atoms with Gasteiger partial charge in [0.1, 0.15) is 23.1 Å². The molecule has 136 valence electrons. The van der Waals surface area contributed by atoms with E-state index in [-0.39, 0.29) is 11.7 Å². The number of hydrogen-bond acceptors (Lipinski definition) is 4. The molecular weight excluding hydrogens is 433 g/mol. The molecule has 0 spiro atoms. The predicted octanol–water partition coefficient (Wildman–Crippen LogP) is 5.23. The fourth-order valence-electron chi connectivity index (χ4n) is 2.69. The Bertz CT molecular complexity index is 1140. The van der Waals surface area contributed by atoms with E-state index in [1.165, 1.54) is 23.5 Å². The van der Waals surface area contributed by atoms with Gasteiger partial charge in [-0.3, -0.25) is 9.20 Å². The van der Waals surface area contributed by atoms with E-state index in [9.17, 15) is 9.18 Å². The van der Waals surface area contributed by atoms with Gasteiger partial charge in [0.25, 0.3) is 5.91 Å². The topological polar surface area (TPSA) is 55.6 Å².